The number of hydrogen-bond donors (Lipinski definition) is 0. The fraction of sp³-hybridized carbons (Fsp3) is 0.346. The van der Waals surface area contributed by atoms with Gasteiger partial charge in [-0.1, -0.05) is 35.5 Å². The number of hydrogen-bond acceptors (Lipinski definition) is 7. The van der Waals surface area contributed by atoms with Gasteiger partial charge in [0.2, 0.25) is 5.89 Å². The lowest BCUT2D eigenvalue weighted by atomic mass is 9.91. The number of rotatable bonds is 6. The maximum atomic E-state index is 14.7. The molecule has 9 nitrogen and oxygen atoms in total. The molecule has 0 spiro atoms. The molecule has 0 aliphatic carbocycles. The quantitative estimate of drug-likeness (QED) is 0.329. The zero-order valence-electron chi connectivity index (χ0n) is 20.9. The summed E-state index contributed by atoms with van der Waals surface area (Å²) in [6.07, 6.45) is -1.49. The molecule has 0 bridgehead atoms. The largest absolute Gasteiger partial charge is 0.444 e. The van der Waals surface area contributed by atoms with Crippen molar-refractivity contribution in [3.8, 4) is 22.7 Å². The minimum atomic E-state index is -2.90. The zero-order valence-corrected chi connectivity index (χ0v) is 20.9. The zero-order chi connectivity index (χ0) is 27.0. The number of halogens is 3. The fourth-order valence-electron chi connectivity index (χ4n) is 4.02. The summed E-state index contributed by atoms with van der Waals surface area (Å²) in [5.74, 6) is -1.33. The van der Waals surface area contributed by atoms with E-state index in [1.807, 2.05) is 45.0 Å². The molecule has 0 radical (unpaired) electrons. The van der Waals surface area contributed by atoms with Gasteiger partial charge < -0.3 is 14.1 Å². The molecule has 12 heteroatoms. The molecule has 1 amide bonds. The van der Waals surface area contributed by atoms with Gasteiger partial charge in [0, 0.05) is 35.7 Å². The van der Waals surface area contributed by atoms with E-state index in [1.165, 1.54) is 16.8 Å². The summed E-state index contributed by atoms with van der Waals surface area (Å²) in [6.45, 7) is 6.86. The lowest BCUT2D eigenvalue weighted by Gasteiger charge is -2.40. The monoisotopic (exact) mass is 526 g/mol. The molecule has 0 atom stereocenters. The molecule has 2 aromatic heterocycles. The van der Waals surface area contributed by atoms with E-state index in [1.54, 1.807) is 11.1 Å². The molecule has 0 saturated carbocycles. The van der Waals surface area contributed by atoms with Gasteiger partial charge in [-0.05, 0) is 38.5 Å². The maximum absolute atomic E-state index is 14.7. The number of ether oxygens (including phenoxy) is 1. The van der Waals surface area contributed by atoms with Crippen molar-refractivity contribution in [2.75, 3.05) is 13.1 Å². The summed E-state index contributed by atoms with van der Waals surface area (Å²) in [6, 6.07) is 12.1. The Kier molecular flexibility index (Phi) is 6.64. The Morgan fingerprint density at radius 2 is 1.79 bits per heavy atom. The Morgan fingerprint density at radius 1 is 1.08 bits per heavy atom. The molecule has 198 valence electrons. The minimum absolute atomic E-state index is 0.117. The molecule has 4 aromatic rings. The van der Waals surface area contributed by atoms with Crippen LogP contribution in [0.4, 0.5) is 18.0 Å². The third-order valence-corrected chi connectivity index (χ3v) is 6.01. The Hall–Kier alpha value is -4.22. The topological polar surface area (TPSA) is 99.2 Å². The molecule has 2 aromatic carbocycles. The highest BCUT2D eigenvalue weighted by molar-refractivity contribution is 5.69. The first-order chi connectivity index (χ1) is 18.1. The van der Waals surface area contributed by atoms with Gasteiger partial charge in [0.1, 0.15) is 17.1 Å². The normalized spacial score (nSPS) is 14.1. The molecular weight excluding hydrogens is 501 g/mol. The summed E-state index contributed by atoms with van der Waals surface area (Å²) in [5.41, 5.74) is 2.60. The summed E-state index contributed by atoms with van der Waals surface area (Å²) in [4.78, 5) is 13.8. The summed E-state index contributed by atoms with van der Waals surface area (Å²) >= 11 is 0. The molecule has 1 aliphatic heterocycles. The van der Waals surface area contributed by atoms with Crippen molar-refractivity contribution >= 4 is 6.09 Å². The van der Waals surface area contributed by atoms with Crippen molar-refractivity contribution in [2.45, 2.75) is 45.3 Å². The average molecular weight is 527 g/mol. The van der Waals surface area contributed by atoms with Crippen LogP contribution in [-0.2, 0) is 11.3 Å². The number of benzene rings is 2. The Labute approximate surface area is 216 Å². The molecule has 5 rings (SSSR count). The number of alkyl halides is 2. The van der Waals surface area contributed by atoms with Crippen LogP contribution in [0.5, 0.6) is 0 Å². The van der Waals surface area contributed by atoms with Crippen LogP contribution in [0, 0.1) is 5.82 Å². The lowest BCUT2D eigenvalue weighted by Crippen LogP contribution is -2.50. The van der Waals surface area contributed by atoms with Crippen molar-refractivity contribution in [3.05, 3.63) is 71.5 Å². The number of carbonyl (C=O) groups excluding carboxylic acids is 1. The summed E-state index contributed by atoms with van der Waals surface area (Å²) in [5, 5.41) is 15.1. The highest BCUT2D eigenvalue weighted by Gasteiger charge is 2.34. The third-order valence-electron chi connectivity index (χ3n) is 6.01. The highest BCUT2D eigenvalue weighted by atomic mass is 19.3. The fourth-order valence-corrected chi connectivity index (χ4v) is 4.02. The number of aromatic nitrogens is 5. The van der Waals surface area contributed by atoms with Crippen LogP contribution in [0.1, 0.15) is 50.1 Å². The van der Waals surface area contributed by atoms with Crippen LogP contribution in [0.3, 0.4) is 0 Å². The van der Waals surface area contributed by atoms with Gasteiger partial charge >= 0.3 is 12.5 Å². The first-order valence-corrected chi connectivity index (χ1v) is 11.9. The van der Waals surface area contributed by atoms with Gasteiger partial charge in [0.15, 0.2) is 0 Å². The van der Waals surface area contributed by atoms with Gasteiger partial charge in [-0.15, -0.1) is 15.3 Å². The van der Waals surface area contributed by atoms with Crippen molar-refractivity contribution in [1.29, 1.82) is 0 Å². The van der Waals surface area contributed by atoms with E-state index in [-0.39, 0.29) is 30.0 Å². The van der Waals surface area contributed by atoms with Crippen LogP contribution < -0.4 is 0 Å². The SMILES string of the molecule is CC(C)(C)OC(=O)N1CC(c2ccc(-c3cn(Cc4ccc(-c5nnc(C(F)F)o5)cc4F)nn3)cc2)C1. The van der Waals surface area contributed by atoms with Crippen molar-refractivity contribution in [2.24, 2.45) is 0 Å². The summed E-state index contributed by atoms with van der Waals surface area (Å²) < 4.78 is 51.8. The molecule has 1 saturated heterocycles. The summed E-state index contributed by atoms with van der Waals surface area (Å²) in [7, 11) is 0. The molecule has 1 aliphatic rings. The molecule has 38 heavy (non-hydrogen) atoms. The molecule has 0 N–H and O–H groups in total. The van der Waals surface area contributed by atoms with Gasteiger partial charge in [-0.3, -0.25) is 0 Å². The third kappa shape index (κ3) is 5.53. The van der Waals surface area contributed by atoms with Crippen molar-refractivity contribution in [1.82, 2.24) is 30.1 Å². The smallest absolute Gasteiger partial charge is 0.410 e. The second-order valence-electron chi connectivity index (χ2n) is 10.1. The van der Waals surface area contributed by atoms with Crippen LogP contribution >= 0.6 is 0 Å². The van der Waals surface area contributed by atoms with E-state index in [2.05, 4.69) is 20.5 Å². The minimum Gasteiger partial charge on any atom is -0.444 e. The number of carbonyl (C=O) groups is 1. The highest BCUT2D eigenvalue weighted by Crippen LogP contribution is 2.30. The average Bonchev–Trinajstić information content (AvgIpc) is 3.49. The van der Waals surface area contributed by atoms with E-state index in [0.29, 0.717) is 24.3 Å². The van der Waals surface area contributed by atoms with Crippen LogP contribution in [0.2, 0.25) is 0 Å². The van der Waals surface area contributed by atoms with E-state index in [9.17, 15) is 18.0 Å². The standard InChI is InChI=1S/C26H25F3N6O3/c1-26(2,3)38-25(36)34-11-19(12-34)15-4-6-16(7-5-15)21-14-35(33-30-21)13-18-9-8-17(10-20(18)27)23-31-32-24(37-23)22(28)29/h4-10,14,19,22H,11-13H2,1-3H3. The number of amides is 1. The predicted molar refractivity (Wildman–Crippen MR) is 130 cm³/mol. The van der Waals surface area contributed by atoms with Gasteiger partial charge in [0.05, 0.1) is 12.7 Å². The van der Waals surface area contributed by atoms with Crippen LogP contribution in [-0.4, -0.2) is 54.9 Å². The number of nitrogens with zero attached hydrogens (tertiary/aromatic N) is 6. The van der Waals surface area contributed by atoms with Gasteiger partial charge in [-0.2, -0.15) is 8.78 Å². The van der Waals surface area contributed by atoms with E-state index in [4.69, 9.17) is 9.15 Å². The first-order valence-electron chi connectivity index (χ1n) is 11.9. The van der Waals surface area contributed by atoms with Gasteiger partial charge in [-0.25, -0.2) is 13.9 Å². The Balaban J connectivity index is 1.20. The first kappa shape index (κ1) is 25.4. The maximum Gasteiger partial charge on any atom is 0.410 e. The molecule has 3 heterocycles. The molecule has 1 fully saturated rings. The van der Waals surface area contributed by atoms with Crippen LogP contribution in [0.25, 0.3) is 22.7 Å². The van der Waals surface area contributed by atoms with E-state index >= 15 is 0 Å². The second-order valence-corrected chi connectivity index (χ2v) is 10.1. The lowest BCUT2D eigenvalue weighted by molar-refractivity contribution is 0.00819. The van der Waals surface area contributed by atoms with Gasteiger partial charge in [0.25, 0.3) is 5.89 Å². The van der Waals surface area contributed by atoms with Crippen molar-refractivity contribution in [3.63, 3.8) is 0 Å². The Bertz CT molecular complexity index is 1440. The number of likely N-dealkylation sites (tertiary alicyclic amines) is 1. The second kappa shape index (κ2) is 9.92. The molecular formula is C26H25F3N6O3. The van der Waals surface area contributed by atoms with Crippen LogP contribution in [0.15, 0.2) is 53.1 Å². The van der Waals surface area contributed by atoms with Crippen molar-refractivity contribution < 1.29 is 27.1 Å². The van der Waals surface area contributed by atoms with E-state index < -0.39 is 23.7 Å². The van der Waals surface area contributed by atoms with E-state index in [0.717, 1.165) is 17.2 Å². The Morgan fingerprint density at radius 3 is 2.42 bits per heavy atom. The molecule has 0 unspecified atom stereocenters. The predicted octanol–water partition coefficient (Wildman–Crippen LogP) is 5.45.